The first kappa shape index (κ1) is 15.5. The van der Waals surface area contributed by atoms with Gasteiger partial charge in [-0.05, 0) is 26.7 Å². The third kappa shape index (κ3) is 3.20. The smallest absolute Gasteiger partial charge is 0.317 e. The fraction of sp³-hybridized carbons (Fsp3) is 0.600. The van der Waals surface area contributed by atoms with Crippen molar-refractivity contribution in [3.8, 4) is 0 Å². The number of carbonyl (C=O) groups is 1. The van der Waals surface area contributed by atoms with E-state index >= 15 is 0 Å². The fourth-order valence-electron chi connectivity index (χ4n) is 3.06. The van der Waals surface area contributed by atoms with Crippen LogP contribution in [0.2, 0.25) is 0 Å². The van der Waals surface area contributed by atoms with Gasteiger partial charge in [-0.3, -0.25) is 4.68 Å². The highest BCUT2D eigenvalue weighted by molar-refractivity contribution is 5.74. The Morgan fingerprint density at radius 1 is 1.43 bits per heavy atom. The lowest BCUT2D eigenvalue weighted by Gasteiger charge is -2.33. The first-order valence-corrected chi connectivity index (χ1v) is 7.94. The number of nitrogens with zero attached hydrogens (tertiary/aromatic N) is 6. The van der Waals surface area contributed by atoms with Crippen LogP contribution in [0.5, 0.6) is 0 Å². The number of carbonyl (C=O) groups excluding carboxylic acids is 1. The van der Waals surface area contributed by atoms with Gasteiger partial charge in [-0.25, -0.2) is 14.5 Å². The Labute approximate surface area is 135 Å². The van der Waals surface area contributed by atoms with Crippen LogP contribution in [0.3, 0.4) is 0 Å². The van der Waals surface area contributed by atoms with Crippen molar-refractivity contribution in [2.24, 2.45) is 7.05 Å². The summed E-state index contributed by atoms with van der Waals surface area (Å²) in [7, 11) is 1.90. The van der Waals surface area contributed by atoms with Crippen LogP contribution in [0.25, 0.3) is 0 Å². The summed E-state index contributed by atoms with van der Waals surface area (Å²) in [6, 6.07) is 0.0981. The van der Waals surface area contributed by atoms with E-state index in [0.717, 1.165) is 30.6 Å². The van der Waals surface area contributed by atoms with Crippen LogP contribution in [0.4, 0.5) is 4.79 Å². The van der Waals surface area contributed by atoms with E-state index in [9.17, 15) is 4.79 Å². The Hall–Kier alpha value is -2.38. The van der Waals surface area contributed by atoms with Crippen molar-refractivity contribution >= 4 is 6.03 Å². The Kier molecular flexibility index (Phi) is 4.31. The molecular weight excluding hydrogens is 294 g/mol. The van der Waals surface area contributed by atoms with Crippen LogP contribution in [-0.2, 0) is 7.05 Å². The molecule has 8 nitrogen and oxygen atoms in total. The molecule has 0 aromatic carbocycles. The number of hydrogen-bond donors (Lipinski definition) is 1. The summed E-state index contributed by atoms with van der Waals surface area (Å²) in [5.41, 5.74) is 2.11. The molecular formula is C15H23N7O. The van der Waals surface area contributed by atoms with Crippen LogP contribution < -0.4 is 5.32 Å². The van der Waals surface area contributed by atoms with Crippen molar-refractivity contribution in [1.29, 1.82) is 0 Å². The Morgan fingerprint density at radius 2 is 2.26 bits per heavy atom. The number of likely N-dealkylation sites (tertiary alicyclic amines) is 1. The summed E-state index contributed by atoms with van der Waals surface area (Å²) >= 11 is 0. The number of rotatable bonds is 3. The molecule has 1 fully saturated rings. The molecule has 1 saturated heterocycles. The van der Waals surface area contributed by atoms with Gasteiger partial charge in [0.1, 0.15) is 12.7 Å². The van der Waals surface area contributed by atoms with E-state index < -0.39 is 0 Å². The highest BCUT2D eigenvalue weighted by atomic mass is 16.2. The van der Waals surface area contributed by atoms with Crippen LogP contribution in [0, 0.1) is 6.92 Å². The van der Waals surface area contributed by atoms with E-state index in [4.69, 9.17) is 0 Å². The number of aryl methyl sites for hydroxylation is 1. The van der Waals surface area contributed by atoms with Gasteiger partial charge in [0, 0.05) is 31.4 Å². The zero-order valence-corrected chi connectivity index (χ0v) is 13.8. The standard InChI is InChI=1S/C15H23N7O/c1-11(14-7-17-20(3)12(14)2)19-15(23)21-6-4-5-13(8-21)22-10-16-9-18-22/h7,9-11,13H,4-6,8H2,1-3H3,(H,19,23). The molecule has 0 aliphatic carbocycles. The summed E-state index contributed by atoms with van der Waals surface area (Å²) in [6.45, 7) is 5.43. The molecule has 2 unspecified atom stereocenters. The lowest BCUT2D eigenvalue weighted by atomic mass is 10.1. The van der Waals surface area contributed by atoms with E-state index in [1.165, 1.54) is 6.33 Å². The maximum atomic E-state index is 12.6. The Bertz CT molecular complexity index is 663. The molecule has 124 valence electrons. The van der Waals surface area contributed by atoms with Gasteiger partial charge in [-0.2, -0.15) is 10.2 Å². The normalized spacial score (nSPS) is 19.6. The first-order valence-electron chi connectivity index (χ1n) is 7.94. The van der Waals surface area contributed by atoms with Crippen molar-refractivity contribution in [3.63, 3.8) is 0 Å². The van der Waals surface area contributed by atoms with Gasteiger partial charge in [0.15, 0.2) is 0 Å². The minimum absolute atomic E-state index is 0.0365. The van der Waals surface area contributed by atoms with Gasteiger partial charge in [-0.1, -0.05) is 0 Å². The third-order valence-corrected chi connectivity index (χ3v) is 4.57. The van der Waals surface area contributed by atoms with Crippen molar-refractivity contribution in [2.45, 2.75) is 38.8 Å². The van der Waals surface area contributed by atoms with E-state index in [0.29, 0.717) is 6.54 Å². The van der Waals surface area contributed by atoms with Crippen molar-refractivity contribution in [2.75, 3.05) is 13.1 Å². The van der Waals surface area contributed by atoms with Crippen LogP contribution >= 0.6 is 0 Å². The monoisotopic (exact) mass is 317 g/mol. The quantitative estimate of drug-likeness (QED) is 0.928. The topological polar surface area (TPSA) is 80.9 Å². The maximum absolute atomic E-state index is 12.6. The fourth-order valence-corrected chi connectivity index (χ4v) is 3.06. The zero-order valence-electron chi connectivity index (χ0n) is 13.8. The summed E-state index contributed by atoms with van der Waals surface area (Å²) in [5, 5.41) is 11.5. The number of amides is 2. The molecule has 0 bridgehead atoms. The van der Waals surface area contributed by atoms with Gasteiger partial charge in [0.2, 0.25) is 0 Å². The highest BCUT2D eigenvalue weighted by Gasteiger charge is 2.26. The Morgan fingerprint density at radius 3 is 2.91 bits per heavy atom. The highest BCUT2D eigenvalue weighted by Crippen LogP contribution is 2.21. The molecule has 1 N–H and O–H groups in total. The minimum Gasteiger partial charge on any atom is -0.331 e. The SMILES string of the molecule is Cc1c(C(C)NC(=O)N2CCCC(n3cncn3)C2)cnn1C. The maximum Gasteiger partial charge on any atom is 0.317 e. The first-order chi connectivity index (χ1) is 11.1. The lowest BCUT2D eigenvalue weighted by Crippen LogP contribution is -2.46. The minimum atomic E-state index is -0.0667. The molecule has 0 spiro atoms. The molecule has 3 heterocycles. The predicted octanol–water partition coefficient (Wildman–Crippen LogP) is 1.43. The molecule has 0 radical (unpaired) electrons. The lowest BCUT2D eigenvalue weighted by molar-refractivity contribution is 0.160. The molecule has 1 aliphatic rings. The van der Waals surface area contributed by atoms with Gasteiger partial charge in [0.05, 0.1) is 18.3 Å². The summed E-state index contributed by atoms with van der Waals surface area (Å²) < 4.78 is 3.66. The van der Waals surface area contributed by atoms with E-state index in [-0.39, 0.29) is 18.1 Å². The molecule has 0 saturated carbocycles. The van der Waals surface area contributed by atoms with Crippen LogP contribution in [0.1, 0.15) is 43.1 Å². The summed E-state index contributed by atoms with van der Waals surface area (Å²) in [6.07, 6.45) is 7.05. The molecule has 2 aromatic heterocycles. The summed E-state index contributed by atoms with van der Waals surface area (Å²) in [4.78, 5) is 18.4. The molecule has 23 heavy (non-hydrogen) atoms. The largest absolute Gasteiger partial charge is 0.331 e. The van der Waals surface area contributed by atoms with E-state index in [1.54, 1.807) is 6.33 Å². The predicted molar refractivity (Wildman–Crippen MR) is 84.8 cm³/mol. The van der Waals surface area contributed by atoms with Crippen molar-refractivity contribution in [1.82, 2.24) is 34.8 Å². The number of nitrogens with one attached hydrogen (secondary N) is 1. The van der Waals surface area contributed by atoms with Crippen molar-refractivity contribution < 1.29 is 4.79 Å². The number of hydrogen-bond acceptors (Lipinski definition) is 4. The number of piperidine rings is 1. The molecule has 1 aliphatic heterocycles. The molecule has 2 atom stereocenters. The third-order valence-electron chi connectivity index (χ3n) is 4.57. The van der Waals surface area contributed by atoms with Gasteiger partial charge in [0.25, 0.3) is 0 Å². The van der Waals surface area contributed by atoms with Crippen molar-refractivity contribution in [3.05, 3.63) is 30.1 Å². The average molecular weight is 317 g/mol. The molecule has 2 amide bonds. The molecule has 3 rings (SSSR count). The van der Waals surface area contributed by atoms with E-state index in [2.05, 4.69) is 20.5 Å². The second kappa shape index (κ2) is 6.39. The van der Waals surface area contributed by atoms with Crippen LogP contribution in [0.15, 0.2) is 18.9 Å². The molecule has 2 aromatic rings. The Balaban J connectivity index is 1.62. The second-order valence-electron chi connectivity index (χ2n) is 6.10. The zero-order chi connectivity index (χ0) is 16.4. The number of urea groups is 1. The van der Waals surface area contributed by atoms with Crippen LogP contribution in [-0.4, -0.2) is 48.6 Å². The second-order valence-corrected chi connectivity index (χ2v) is 6.10. The molecule has 8 heteroatoms. The van der Waals surface area contributed by atoms with Gasteiger partial charge in [-0.15, -0.1) is 0 Å². The number of aromatic nitrogens is 5. The van der Waals surface area contributed by atoms with Gasteiger partial charge >= 0.3 is 6.03 Å². The van der Waals surface area contributed by atoms with E-state index in [1.807, 2.05) is 41.4 Å². The summed E-state index contributed by atoms with van der Waals surface area (Å²) in [5.74, 6) is 0. The van der Waals surface area contributed by atoms with Gasteiger partial charge < -0.3 is 10.2 Å². The average Bonchev–Trinajstić information content (AvgIpc) is 3.19.